The number of nitrogens with one attached hydrogen (secondary N) is 2. The standard InChI is InChI=1S/C15H24N2O.ClH/c1-5-15(2,3)13-8-6-12(7-9-13)10-17-14(18)11-16-4;/h6-9,16H,5,10-11H2,1-4H3,(H,17,18);1H. The second-order valence-corrected chi connectivity index (χ2v) is 5.24. The Morgan fingerprint density at radius 2 is 1.79 bits per heavy atom. The monoisotopic (exact) mass is 284 g/mol. The van der Waals surface area contributed by atoms with Crippen LogP contribution in [-0.4, -0.2) is 19.5 Å². The van der Waals surface area contributed by atoms with Gasteiger partial charge in [-0.05, 0) is 30.0 Å². The van der Waals surface area contributed by atoms with Crippen molar-refractivity contribution in [3.05, 3.63) is 35.4 Å². The first kappa shape index (κ1) is 17.9. The first-order chi connectivity index (χ1) is 8.49. The zero-order valence-corrected chi connectivity index (χ0v) is 13.1. The molecule has 1 rings (SSSR count). The molecule has 0 aromatic heterocycles. The van der Waals surface area contributed by atoms with Crippen LogP contribution in [-0.2, 0) is 16.8 Å². The maximum Gasteiger partial charge on any atom is 0.234 e. The Labute approximate surface area is 122 Å². The second-order valence-electron chi connectivity index (χ2n) is 5.24. The Kier molecular flexibility index (Phi) is 7.72. The highest BCUT2D eigenvalue weighted by Crippen LogP contribution is 2.26. The van der Waals surface area contributed by atoms with Crippen molar-refractivity contribution in [2.45, 2.75) is 39.2 Å². The smallest absolute Gasteiger partial charge is 0.234 e. The van der Waals surface area contributed by atoms with Crippen molar-refractivity contribution in [2.24, 2.45) is 0 Å². The predicted molar refractivity (Wildman–Crippen MR) is 82.8 cm³/mol. The normalized spacial score (nSPS) is 10.7. The molecule has 0 unspecified atom stereocenters. The van der Waals surface area contributed by atoms with Gasteiger partial charge in [0.2, 0.25) is 5.91 Å². The lowest BCUT2D eigenvalue weighted by Gasteiger charge is -2.23. The third-order valence-corrected chi connectivity index (χ3v) is 3.45. The molecule has 0 saturated heterocycles. The molecule has 0 spiro atoms. The number of likely N-dealkylation sites (N-methyl/N-ethyl adjacent to an activating group) is 1. The molecule has 108 valence electrons. The van der Waals surface area contributed by atoms with Crippen LogP contribution in [0.4, 0.5) is 0 Å². The van der Waals surface area contributed by atoms with E-state index in [0.29, 0.717) is 13.1 Å². The van der Waals surface area contributed by atoms with Crippen LogP contribution >= 0.6 is 12.4 Å². The number of hydrogen-bond donors (Lipinski definition) is 2. The number of halogens is 1. The van der Waals surface area contributed by atoms with Gasteiger partial charge in [-0.25, -0.2) is 0 Å². The van der Waals surface area contributed by atoms with Crippen LogP contribution in [0.2, 0.25) is 0 Å². The fourth-order valence-corrected chi connectivity index (χ4v) is 1.70. The summed E-state index contributed by atoms with van der Waals surface area (Å²) in [4.78, 5) is 11.3. The fourth-order valence-electron chi connectivity index (χ4n) is 1.70. The molecule has 0 aliphatic rings. The molecular weight excluding hydrogens is 260 g/mol. The van der Waals surface area contributed by atoms with E-state index in [1.807, 2.05) is 0 Å². The van der Waals surface area contributed by atoms with Gasteiger partial charge in [0.1, 0.15) is 0 Å². The maximum absolute atomic E-state index is 11.3. The van der Waals surface area contributed by atoms with Gasteiger partial charge in [0.25, 0.3) is 0 Å². The lowest BCUT2D eigenvalue weighted by molar-refractivity contribution is -0.120. The Bertz CT molecular complexity index is 388. The van der Waals surface area contributed by atoms with Crippen molar-refractivity contribution in [1.29, 1.82) is 0 Å². The number of hydrogen-bond acceptors (Lipinski definition) is 2. The minimum atomic E-state index is 0. The Morgan fingerprint density at radius 1 is 1.21 bits per heavy atom. The average molecular weight is 285 g/mol. The topological polar surface area (TPSA) is 41.1 Å². The molecule has 1 amide bonds. The predicted octanol–water partition coefficient (Wildman–Crippen LogP) is 2.63. The van der Waals surface area contributed by atoms with Crippen LogP contribution in [0.25, 0.3) is 0 Å². The average Bonchev–Trinajstić information content (AvgIpc) is 2.37. The highest BCUT2D eigenvalue weighted by Gasteiger charge is 2.17. The lowest BCUT2D eigenvalue weighted by atomic mass is 9.82. The van der Waals surface area contributed by atoms with Crippen molar-refractivity contribution in [1.82, 2.24) is 10.6 Å². The molecule has 4 heteroatoms. The molecule has 19 heavy (non-hydrogen) atoms. The zero-order chi connectivity index (χ0) is 13.6. The summed E-state index contributed by atoms with van der Waals surface area (Å²) in [6.45, 7) is 7.65. The number of benzene rings is 1. The van der Waals surface area contributed by atoms with Gasteiger partial charge < -0.3 is 10.6 Å². The maximum atomic E-state index is 11.3. The van der Waals surface area contributed by atoms with E-state index < -0.39 is 0 Å². The van der Waals surface area contributed by atoms with E-state index >= 15 is 0 Å². The quantitative estimate of drug-likeness (QED) is 0.843. The summed E-state index contributed by atoms with van der Waals surface area (Å²) in [5, 5.41) is 5.70. The van der Waals surface area contributed by atoms with Crippen molar-refractivity contribution in [2.75, 3.05) is 13.6 Å². The number of rotatable bonds is 6. The van der Waals surface area contributed by atoms with Crippen LogP contribution in [0.3, 0.4) is 0 Å². The summed E-state index contributed by atoms with van der Waals surface area (Å²) < 4.78 is 0. The number of amides is 1. The largest absolute Gasteiger partial charge is 0.351 e. The van der Waals surface area contributed by atoms with E-state index in [9.17, 15) is 4.79 Å². The van der Waals surface area contributed by atoms with Gasteiger partial charge in [-0.3, -0.25) is 4.79 Å². The van der Waals surface area contributed by atoms with Crippen LogP contribution in [0.1, 0.15) is 38.3 Å². The first-order valence-electron chi connectivity index (χ1n) is 6.50. The summed E-state index contributed by atoms with van der Waals surface area (Å²) in [5.74, 6) is 0.0236. The molecule has 0 bridgehead atoms. The van der Waals surface area contributed by atoms with Gasteiger partial charge in [0.05, 0.1) is 6.54 Å². The third kappa shape index (κ3) is 5.62. The van der Waals surface area contributed by atoms with Crippen molar-refractivity contribution < 1.29 is 4.79 Å². The Hall–Kier alpha value is -1.06. The Balaban J connectivity index is 0.00000324. The van der Waals surface area contributed by atoms with E-state index in [-0.39, 0.29) is 23.7 Å². The second kappa shape index (κ2) is 8.18. The lowest BCUT2D eigenvalue weighted by Crippen LogP contribution is -2.31. The van der Waals surface area contributed by atoms with Gasteiger partial charge in [-0.2, -0.15) is 0 Å². The van der Waals surface area contributed by atoms with Crippen LogP contribution in [0.15, 0.2) is 24.3 Å². The highest BCUT2D eigenvalue weighted by atomic mass is 35.5. The third-order valence-electron chi connectivity index (χ3n) is 3.45. The first-order valence-corrected chi connectivity index (χ1v) is 6.50. The summed E-state index contributed by atoms with van der Waals surface area (Å²) in [6, 6.07) is 8.49. The summed E-state index contributed by atoms with van der Waals surface area (Å²) >= 11 is 0. The van der Waals surface area contributed by atoms with E-state index in [2.05, 4.69) is 55.7 Å². The summed E-state index contributed by atoms with van der Waals surface area (Å²) in [7, 11) is 1.77. The minimum absolute atomic E-state index is 0. The molecule has 0 radical (unpaired) electrons. The van der Waals surface area contributed by atoms with Gasteiger partial charge in [-0.1, -0.05) is 45.0 Å². The molecule has 3 nitrogen and oxygen atoms in total. The van der Waals surface area contributed by atoms with E-state index in [0.717, 1.165) is 12.0 Å². The molecule has 0 aliphatic heterocycles. The van der Waals surface area contributed by atoms with Gasteiger partial charge in [0, 0.05) is 6.54 Å². The van der Waals surface area contributed by atoms with E-state index in [4.69, 9.17) is 0 Å². The molecule has 0 saturated carbocycles. The molecule has 2 N–H and O–H groups in total. The molecule has 0 aliphatic carbocycles. The van der Waals surface area contributed by atoms with Gasteiger partial charge >= 0.3 is 0 Å². The molecule has 1 aromatic rings. The van der Waals surface area contributed by atoms with Crippen LogP contribution in [0, 0.1) is 0 Å². The van der Waals surface area contributed by atoms with Crippen molar-refractivity contribution in [3.8, 4) is 0 Å². The van der Waals surface area contributed by atoms with Crippen molar-refractivity contribution in [3.63, 3.8) is 0 Å². The molecule has 0 atom stereocenters. The number of carbonyl (C=O) groups excluding carboxylic acids is 1. The summed E-state index contributed by atoms with van der Waals surface area (Å²) in [5.41, 5.74) is 2.69. The van der Waals surface area contributed by atoms with Crippen molar-refractivity contribution >= 4 is 18.3 Å². The molecule has 0 heterocycles. The fraction of sp³-hybridized carbons (Fsp3) is 0.533. The SMILES string of the molecule is CCC(C)(C)c1ccc(CNC(=O)CNC)cc1.Cl. The Morgan fingerprint density at radius 3 is 2.26 bits per heavy atom. The molecular formula is C15H25ClN2O. The van der Waals surface area contributed by atoms with Crippen LogP contribution < -0.4 is 10.6 Å². The minimum Gasteiger partial charge on any atom is -0.351 e. The van der Waals surface area contributed by atoms with Gasteiger partial charge in [-0.15, -0.1) is 12.4 Å². The van der Waals surface area contributed by atoms with Gasteiger partial charge in [0.15, 0.2) is 0 Å². The molecule has 1 aromatic carbocycles. The van der Waals surface area contributed by atoms with Crippen LogP contribution in [0.5, 0.6) is 0 Å². The summed E-state index contributed by atoms with van der Waals surface area (Å²) in [6.07, 6.45) is 1.12. The highest BCUT2D eigenvalue weighted by molar-refractivity contribution is 5.85. The molecule has 0 fully saturated rings. The van der Waals surface area contributed by atoms with E-state index in [1.165, 1.54) is 5.56 Å². The zero-order valence-electron chi connectivity index (χ0n) is 12.2. The van der Waals surface area contributed by atoms with E-state index in [1.54, 1.807) is 7.05 Å². The number of carbonyl (C=O) groups is 1.